The van der Waals surface area contributed by atoms with Gasteiger partial charge in [-0.05, 0) is 50.0 Å². The van der Waals surface area contributed by atoms with Gasteiger partial charge in [-0.3, -0.25) is 0 Å². The van der Waals surface area contributed by atoms with Crippen molar-refractivity contribution in [3.8, 4) is 0 Å². The van der Waals surface area contributed by atoms with Crippen LogP contribution in [-0.4, -0.2) is 4.98 Å². The van der Waals surface area contributed by atoms with Crippen molar-refractivity contribution in [1.82, 2.24) is 4.98 Å². The Labute approximate surface area is 191 Å². The molecule has 0 amide bonds. The predicted octanol–water partition coefficient (Wildman–Crippen LogP) is 7.28. The molecule has 31 heavy (non-hydrogen) atoms. The second-order valence-corrected chi connectivity index (χ2v) is 10.1. The first-order chi connectivity index (χ1) is 15.2. The molecule has 0 saturated heterocycles. The minimum atomic E-state index is 0.925. The maximum atomic E-state index is 4.76. The van der Waals surface area contributed by atoms with Crippen LogP contribution in [-0.2, 0) is 19.4 Å². The molecule has 2 aromatic carbocycles. The molecule has 2 nitrogen and oxygen atoms in total. The minimum Gasteiger partial charge on any atom is -0.241 e. The predicted molar refractivity (Wildman–Crippen MR) is 135 cm³/mol. The summed E-state index contributed by atoms with van der Waals surface area (Å²) in [6, 6.07) is 15.1. The summed E-state index contributed by atoms with van der Waals surface area (Å²) in [5, 5.41) is 2.54. The van der Waals surface area contributed by atoms with E-state index in [0.717, 1.165) is 37.7 Å². The molecule has 0 aliphatic heterocycles. The van der Waals surface area contributed by atoms with Gasteiger partial charge < -0.3 is 0 Å². The summed E-state index contributed by atoms with van der Waals surface area (Å²) < 4.78 is 5.13. The number of rotatable bonds is 6. The molecule has 1 aliphatic carbocycles. The van der Waals surface area contributed by atoms with Gasteiger partial charge in [-0.2, -0.15) is 4.57 Å². The van der Waals surface area contributed by atoms with Crippen molar-refractivity contribution in [2.24, 2.45) is 0 Å². The average Bonchev–Trinajstić information content (AvgIpc) is 3.51. The van der Waals surface area contributed by atoms with Gasteiger partial charge in [-0.25, -0.2) is 4.98 Å². The van der Waals surface area contributed by atoms with Crippen LogP contribution in [0.3, 0.4) is 0 Å². The van der Waals surface area contributed by atoms with Crippen LogP contribution in [0.4, 0.5) is 0 Å². The highest BCUT2D eigenvalue weighted by molar-refractivity contribution is 7.19. The number of hydrogen-bond donors (Lipinski definition) is 0. The maximum absolute atomic E-state index is 4.76. The second kappa shape index (κ2) is 8.89. The Morgan fingerprint density at radius 2 is 1.84 bits per heavy atom. The zero-order valence-corrected chi connectivity index (χ0v) is 19.7. The Hall–Kier alpha value is -2.56. The number of thiazole rings is 2. The number of fused-ring (bicyclic) bond motifs is 2. The largest absolute Gasteiger partial charge is 0.262 e. The minimum absolute atomic E-state index is 0.925. The van der Waals surface area contributed by atoms with E-state index >= 15 is 0 Å². The molecule has 4 heteroatoms. The van der Waals surface area contributed by atoms with Crippen molar-refractivity contribution in [3.63, 3.8) is 0 Å². The third-order valence-corrected chi connectivity index (χ3v) is 8.09. The van der Waals surface area contributed by atoms with E-state index in [1.165, 1.54) is 41.6 Å². The van der Waals surface area contributed by atoms with Gasteiger partial charge in [0.25, 0.3) is 5.01 Å². The van der Waals surface area contributed by atoms with Gasteiger partial charge >= 0.3 is 0 Å². The summed E-state index contributed by atoms with van der Waals surface area (Å²) in [5.74, 6) is 0. The molecule has 2 aromatic heterocycles. The van der Waals surface area contributed by atoms with E-state index in [9.17, 15) is 0 Å². The third kappa shape index (κ3) is 4.15. The summed E-state index contributed by atoms with van der Waals surface area (Å²) >= 11 is 3.71. The first-order valence-corrected chi connectivity index (χ1v) is 12.7. The molecule has 0 fully saturated rings. The lowest BCUT2D eigenvalue weighted by molar-refractivity contribution is -0.665. The van der Waals surface area contributed by atoms with Crippen molar-refractivity contribution in [1.29, 1.82) is 0 Å². The molecule has 0 saturated carbocycles. The number of benzene rings is 2. The van der Waals surface area contributed by atoms with Crippen LogP contribution in [0.25, 0.3) is 26.5 Å². The Bertz CT molecular complexity index is 1300. The molecule has 0 atom stereocenters. The highest BCUT2D eigenvalue weighted by Crippen LogP contribution is 2.29. The van der Waals surface area contributed by atoms with Crippen LogP contribution in [0.5, 0.6) is 0 Å². The van der Waals surface area contributed by atoms with E-state index in [-0.39, 0.29) is 0 Å². The molecule has 0 radical (unpaired) electrons. The van der Waals surface area contributed by atoms with Crippen molar-refractivity contribution < 1.29 is 4.57 Å². The molecule has 156 valence electrons. The van der Waals surface area contributed by atoms with Gasteiger partial charge in [0.2, 0.25) is 5.52 Å². The molecule has 0 bridgehead atoms. The van der Waals surface area contributed by atoms with Crippen LogP contribution in [0.15, 0.2) is 71.8 Å². The van der Waals surface area contributed by atoms with Crippen molar-refractivity contribution in [3.05, 3.63) is 87.4 Å². The van der Waals surface area contributed by atoms with Crippen LogP contribution in [0, 0.1) is 0 Å². The summed E-state index contributed by atoms with van der Waals surface area (Å²) in [6.45, 7) is 5.49. The molecule has 2 heterocycles. The fourth-order valence-corrected chi connectivity index (χ4v) is 6.43. The lowest BCUT2D eigenvalue weighted by Gasteiger charge is -1.97. The van der Waals surface area contributed by atoms with Crippen LogP contribution < -0.4 is 4.57 Å². The summed E-state index contributed by atoms with van der Waals surface area (Å²) in [7, 11) is 0. The van der Waals surface area contributed by atoms with Gasteiger partial charge in [-0.15, -0.1) is 11.3 Å². The molecule has 0 spiro atoms. The fourth-order valence-electron chi connectivity index (χ4n) is 4.33. The number of aryl methyl sites for hydroxylation is 2. The standard InChI is InChI=1S/C27H27N2S2/c1-3-21-8-7-11-24-27(21)29(4-2)26(31-24)17-15-20-13-12-19(18-20)14-16-25-28-22-9-5-6-10-23(22)30-25/h5-11,14-15,17-18H,3-4,12-13,16H2,1-2H3/q+1. The lowest BCUT2D eigenvalue weighted by atomic mass is 10.1. The normalized spacial score (nSPS) is 15.7. The van der Waals surface area contributed by atoms with E-state index in [1.807, 2.05) is 11.3 Å². The number of nitrogens with zero attached hydrogens (tertiary/aromatic N) is 2. The first kappa shape index (κ1) is 20.3. The molecule has 1 aliphatic rings. The summed E-state index contributed by atoms with van der Waals surface area (Å²) in [4.78, 5) is 4.76. The first-order valence-electron chi connectivity index (χ1n) is 11.1. The number of para-hydroxylation sites is 2. The molecule has 0 unspecified atom stereocenters. The zero-order chi connectivity index (χ0) is 21.2. The highest BCUT2D eigenvalue weighted by atomic mass is 32.1. The van der Waals surface area contributed by atoms with E-state index < -0.39 is 0 Å². The van der Waals surface area contributed by atoms with Crippen LogP contribution in [0.2, 0.25) is 0 Å². The maximum Gasteiger partial charge on any atom is 0.262 e. The van der Waals surface area contributed by atoms with E-state index in [4.69, 9.17) is 4.98 Å². The highest BCUT2D eigenvalue weighted by Gasteiger charge is 2.20. The number of hydrogen-bond acceptors (Lipinski definition) is 3. The topological polar surface area (TPSA) is 16.8 Å². The lowest BCUT2D eigenvalue weighted by Crippen LogP contribution is -2.34. The summed E-state index contributed by atoms with van der Waals surface area (Å²) in [5.41, 5.74) is 6.83. The Kier molecular flexibility index (Phi) is 5.84. The van der Waals surface area contributed by atoms with Crippen molar-refractivity contribution in [2.45, 2.75) is 46.1 Å². The van der Waals surface area contributed by atoms with E-state index in [1.54, 1.807) is 11.3 Å². The second-order valence-electron chi connectivity index (χ2n) is 7.91. The quantitative estimate of drug-likeness (QED) is 0.286. The SMILES string of the molecule is CCc1cccc2sc(C=CC3=CC(=CCc4nc5ccccc5s4)CC3)[n+](CC)c12. The van der Waals surface area contributed by atoms with Crippen molar-refractivity contribution >= 4 is 49.2 Å². The fraction of sp³-hybridized carbons (Fsp3) is 0.259. The van der Waals surface area contributed by atoms with Crippen LogP contribution in [0.1, 0.15) is 42.3 Å². The third-order valence-electron chi connectivity index (χ3n) is 5.92. The Balaban J connectivity index is 1.34. The van der Waals surface area contributed by atoms with Gasteiger partial charge in [0.1, 0.15) is 11.2 Å². The number of aromatic nitrogens is 2. The summed E-state index contributed by atoms with van der Waals surface area (Å²) in [6.07, 6.45) is 13.6. The van der Waals surface area contributed by atoms with Gasteiger partial charge in [0.05, 0.1) is 15.2 Å². The van der Waals surface area contributed by atoms with E-state index in [0.29, 0.717) is 0 Å². The smallest absolute Gasteiger partial charge is 0.241 e. The molecular weight excluding hydrogens is 416 g/mol. The van der Waals surface area contributed by atoms with Gasteiger partial charge in [0, 0.05) is 18.1 Å². The van der Waals surface area contributed by atoms with Gasteiger partial charge in [-0.1, -0.05) is 66.3 Å². The molecule has 5 rings (SSSR count). The number of allylic oxidation sites excluding steroid dienone is 5. The molecular formula is C27H27N2S2+. The van der Waals surface area contributed by atoms with Gasteiger partial charge in [0.15, 0.2) is 0 Å². The van der Waals surface area contributed by atoms with Crippen LogP contribution >= 0.6 is 22.7 Å². The molecule has 0 N–H and O–H groups in total. The monoisotopic (exact) mass is 443 g/mol. The van der Waals surface area contributed by atoms with E-state index in [2.05, 4.69) is 85.2 Å². The molecule has 4 aromatic rings. The van der Waals surface area contributed by atoms with Crippen molar-refractivity contribution in [2.75, 3.05) is 0 Å². The Morgan fingerprint density at radius 3 is 2.68 bits per heavy atom. The average molecular weight is 444 g/mol. The Morgan fingerprint density at radius 1 is 0.968 bits per heavy atom. The zero-order valence-electron chi connectivity index (χ0n) is 18.1.